The Hall–Kier alpha value is -2.16. The average molecular weight is 402 g/mol. The van der Waals surface area contributed by atoms with Gasteiger partial charge in [-0.1, -0.05) is 0 Å². The summed E-state index contributed by atoms with van der Waals surface area (Å²) in [4.78, 5) is 21.4. The maximum Gasteiger partial charge on any atom is 0.169 e. The van der Waals surface area contributed by atoms with Crippen molar-refractivity contribution in [2.75, 3.05) is 45.9 Å². The van der Waals surface area contributed by atoms with Gasteiger partial charge in [-0.25, -0.2) is 9.37 Å². The van der Waals surface area contributed by atoms with E-state index in [1.807, 2.05) is 10.3 Å². The number of likely N-dealkylation sites (tertiary alicyclic amines) is 1. The highest BCUT2D eigenvalue weighted by molar-refractivity contribution is 7.10. The first-order valence-electron chi connectivity index (χ1n) is 9.49. The van der Waals surface area contributed by atoms with Crippen molar-refractivity contribution in [3.05, 3.63) is 40.5 Å². The number of carbonyl (C=O) groups excluding carboxylic acids is 1. The van der Waals surface area contributed by atoms with Crippen molar-refractivity contribution < 1.29 is 13.9 Å². The number of ketones is 1. The molecular formula is C20H23FN4O2S. The predicted molar refractivity (Wildman–Crippen MR) is 106 cm³/mol. The Morgan fingerprint density at radius 3 is 2.71 bits per heavy atom. The highest BCUT2D eigenvalue weighted by atomic mass is 32.1. The summed E-state index contributed by atoms with van der Waals surface area (Å²) in [6.45, 7) is 5.39. The smallest absolute Gasteiger partial charge is 0.169 e. The Kier molecular flexibility index (Phi) is 5.79. The van der Waals surface area contributed by atoms with Gasteiger partial charge in [0.1, 0.15) is 22.6 Å². The van der Waals surface area contributed by atoms with Crippen LogP contribution in [0.5, 0.6) is 0 Å². The Morgan fingerprint density at radius 1 is 1.21 bits per heavy atom. The largest absolute Gasteiger partial charge is 0.379 e. The summed E-state index contributed by atoms with van der Waals surface area (Å²) in [5.74, 6) is -0.509. The maximum absolute atomic E-state index is 13.1. The van der Waals surface area contributed by atoms with E-state index < -0.39 is 5.92 Å². The van der Waals surface area contributed by atoms with Crippen LogP contribution < -0.4 is 0 Å². The van der Waals surface area contributed by atoms with E-state index >= 15 is 0 Å². The highest BCUT2D eigenvalue weighted by Crippen LogP contribution is 2.31. The normalized spacial score (nSPS) is 20.9. The molecule has 1 aromatic heterocycles. The van der Waals surface area contributed by atoms with E-state index in [9.17, 15) is 9.18 Å². The van der Waals surface area contributed by atoms with E-state index in [1.165, 1.54) is 23.5 Å². The maximum atomic E-state index is 13.1. The molecular weight excluding hydrogens is 379 g/mol. The summed E-state index contributed by atoms with van der Waals surface area (Å²) < 4.78 is 18.5. The molecule has 0 bridgehead atoms. The molecule has 2 fully saturated rings. The first-order valence-corrected chi connectivity index (χ1v) is 10.4. The molecule has 0 saturated carbocycles. The molecule has 1 N–H and O–H groups in total. The molecule has 3 heterocycles. The number of morpholine rings is 1. The van der Waals surface area contributed by atoms with Gasteiger partial charge in [-0.2, -0.15) is 0 Å². The standard InChI is InChI=1S/C20H23FN4O2S/c21-15-4-2-14(3-5-15)16-13-28-20(23-16)18-17(26)12-25(19(18)22)7-1-6-24-8-10-27-11-9-24/h2-5,13,18,22H,1,6-12H2. The van der Waals surface area contributed by atoms with Crippen molar-refractivity contribution in [2.45, 2.75) is 12.3 Å². The van der Waals surface area contributed by atoms with Crippen LogP contribution in [0.15, 0.2) is 29.6 Å². The van der Waals surface area contributed by atoms with E-state index in [0.29, 0.717) is 23.1 Å². The van der Waals surface area contributed by atoms with E-state index in [1.54, 1.807) is 12.1 Å². The molecule has 0 radical (unpaired) electrons. The molecule has 0 aliphatic carbocycles. The van der Waals surface area contributed by atoms with Crippen molar-refractivity contribution in [3.8, 4) is 11.3 Å². The monoisotopic (exact) mass is 402 g/mol. The number of amidine groups is 1. The fourth-order valence-corrected chi connectivity index (χ4v) is 4.59. The molecule has 0 amide bonds. The zero-order chi connectivity index (χ0) is 19.5. The Morgan fingerprint density at radius 2 is 1.96 bits per heavy atom. The van der Waals surface area contributed by atoms with Crippen LogP contribution in [0.2, 0.25) is 0 Å². The lowest BCUT2D eigenvalue weighted by molar-refractivity contribution is -0.117. The van der Waals surface area contributed by atoms with Crippen LogP contribution in [-0.2, 0) is 9.53 Å². The quantitative estimate of drug-likeness (QED) is 0.804. The lowest BCUT2D eigenvalue weighted by Gasteiger charge is -2.27. The number of carbonyl (C=O) groups is 1. The second-order valence-corrected chi connectivity index (χ2v) is 7.98. The summed E-state index contributed by atoms with van der Waals surface area (Å²) in [6, 6.07) is 6.14. The molecule has 2 aliphatic heterocycles. The van der Waals surface area contributed by atoms with E-state index in [0.717, 1.165) is 44.8 Å². The van der Waals surface area contributed by atoms with Crippen LogP contribution in [0, 0.1) is 11.2 Å². The number of halogens is 1. The van der Waals surface area contributed by atoms with E-state index in [2.05, 4.69) is 9.88 Å². The van der Waals surface area contributed by atoms with Gasteiger partial charge >= 0.3 is 0 Å². The number of Topliss-reactive ketones (excluding diaryl/α,β-unsaturated/α-hetero) is 1. The molecule has 0 spiro atoms. The number of hydrogen-bond donors (Lipinski definition) is 1. The average Bonchev–Trinajstić information content (AvgIpc) is 3.28. The van der Waals surface area contributed by atoms with Crippen LogP contribution in [0.25, 0.3) is 11.3 Å². The zero-order valence-corrected chi connectivity index (χ0v) is 16.4. The number of hydrogen-bond acceptors (Lipinski definition) is 6. The van der Waals surface area contributed by atoms with E-state index in [-0.39, 0.29) is 18.1 Å². The third-order valence-electron chi connectivity index (χ3n) is 5.20. The van der Waals surface area contributed by atoms with Gasteiger partial charge in [0.15, 0.2) is 5.78 Å². The molecule has 6 nitrogen and oxygen atoms in total. The van der Waals surface area contributed by atoms with Crippen LogP contribution >= 0.6 is 11.3 Å². The van der Waals surface area contributed by atoms with Gasteiger partial charge in [0.2, 0.25) is 0 Å². The third-order valence-corrected chi connectivity index (χ3v) is 6.11. The van der Waals surface area contributed by atoms with Crippen LogP contribution in [0.3, 0.4) is 0 Å². The minimum atomic E-state index is -0.581. The van der Waals surface area contributed by atoms with Crippen molar-refractivity contribution in [2.24, 2.45) is 0 Å². The SMILES string of the molecule is N=C1C(c2nc(-c3ccc(F)cc3)cs2)C(=O)CN1CCCN1CCOCC1. The third kappa shape index (κ3) is 4.14. The van der Waals surface area contributed by atoms with Gasteiger partial charge in [0.05, 0.1) is 25.5 Å². The number of ether oxygens (including phenoxy) is 1. The number of aromatic nitrogens is 1. The van der Waals surface area contributed by atoms with Crippen molar-refractivity contribution in [3.63, 3.8) is 0 Å². The minimum Gasteiger partial charge on any atom is -0.379 e. The summed E-state index contributed by atoms with van der Waals surface area (Å²) in [5, 5.41) is 11.0. The number of nitrogens with zero attached hydrogens (tertiary/aromatic N) is 3. The molecule has 1 atom stereocenters. The molecule has 2 aromatic rings. The van der Waals surface area contributed by atoms with Crippen LogP contribution in [-0.4, -0.2) is 72.3 Å². The lowest BCUT2D eigenvalue weighted by Crippen LogP contribution is -2.38. The van der Waals surface area contributed by atoms with Gasteiger partial charge < -0.3 is 9.64 Å². The Balaban J connectivity index is 1.38. The summed E-state index contributed by atoms with van der Waals surface area (Å²) in [6.07, 6.45) is 0.918. The Labute approximate surface area is 167 Å². The van der Waals surface area contributed by atoms with Crippen LogP contribution in [0.4, 0.5) is 4.39 Å². The number of thiazole rings is 1. The fraction of sp³-hybridized carbons (Fsp3) is 0.450. The topological polar surface area (TPSA) is 69.5 Å². The number of benzene rings is 1. The lowest BCUT2D eigenvalue weighted by atomic mass is 10.1. The molecule has 148 valence electrons. The minimum absolute atomic E-state index is 0.0244. The number of nitrogens with one attached hydrogen (secondary N) is 1. The van der Waals surface area contributed by atoms with E-state index in [4.69, 9.17) is 10.1 Å². The number of rotatable bonds is 6. The molecule has 1 unspecified atom stereocenters. The van der Waals surface area contributed by atoms with Gasteiger partial charge in [-0.05, 0) is 30.7 Å². The second-order valence-electron chi connectivity index (χ2n) is 7.09. The summed E-state index contributed by atoms with van der Waals surface area (Å²) in [7, 11) is 0. The van der Waals surface area contributed by atoms with Gasteiger partial charge in [0.25, 0.3) is 0 Å². The molecule has 2 aliphatic rings. The second kappa shape index (κ2) is 8.46. The van der Waals surface area contributed by atoms with Gasteiger partial charge in [-0.3, -0.25) is 15.1 Å². The fourth-order valence-electron chi connectivity index (χ4n) is 3.64. The predicted octanol–water partition coefficient (Wildman–Crippen LogP) is 2.62. The van der Waals surface area contributed by atoms with Gasteiger partial charge in [0, 0.05) is 37.1 Å². The first-order chi connectivity index (χ1) is 13.6. The molecule has 1 aromatic carbocycles. The molecule has 28 heavy (non-hydrogen) atoms. The molecule has 4 rings (SSSR count). The van der Waals surface area contributed by atoms with Gasteiger partial charge in [-0.15, -0.1) is 11.3 Å². The van der Waals surface area contributed by atoms with Crippen molar-refractivity contribution in [1.29, 1.82) is 5.41 Å². The molecule has 2 saturated heterocycles. The summed E-state index contributed by atoms with van der Waals surface area (Å²) in [5.41, 5.74) is 1.52. The van der Waals surface area contributed by atoms with Crippen LogP contribution in [0.1, 0.15) is 17.3 Å². The molecule has 8 heteroatoms. The van der Waals surface area contributed by atoms with Crippen molar-refractivity contribution in [1.82, 2.24) is 14.8 Å². The first kappa shape index (κ1) is 19.2. The summed E-state index contributed by atoms with van der Waals surface area (Å²) >= 11 is 1.39. The zero-order valence-electron chi connectivity index (χ0n) is 15.6. The highest BCUT2D eigenvalue weighted by Gasteiger charge is 2.38. The van der Waals surface area contributed by atoms with Crippen molar-refractivity contribution >= 4 is 23.0 Å². The Bertz CT molecular complexity index is 848.